The number of rotatable bonds is 7. The zero-order chi connectivity index (χ0) is 27.6. The molecule has 1 saturated carbocycles. The Bertz CT molecular complexity index is 1320. The molecule has 1 atom stereocenters. The molecule has 1 saturated heterocycles. The number of benzene rings is 1. The van der Waals surface area contributed by atoms with Crippen molar-refractivity contribution in [3.8, 4) is 10.4 Å². The number of alkyl halides is 3. The van der Waals surface area contributed by atoms with Crippen LogP contribution in [-0.2, 0) is 21.1 Å². The first-order valence-corrected chi connectivity index (χ1v) is 13.7. The largest absolute Gasteiger partial charge is 0.433 e. The van der Waals surface area contributed by atoms with Gasteiger partial charge >= 0.3 is 6.18 Å². The lowest BCUT2D eigenvalue weighted by molar-refractivity contribution is -0.141. The predicted octanol–water partition coefficient (Wildman–Crippen LogP) is 5.00. The number of nitrogens with one attached hydrogen (secondary N) is 2. The molecule has 2 fully saturated rings. The predicted molar refractivity (Wildman–Crippen MR) is 141 cm³/mol. The molecule has 1 amide bonds. The van der Waals surface area contributed by atoms with Crippen LogP contribution in [0.1, 0.15) is 48.4 Å². The summed E-state index contributed by atoms with van der Waals surface area (Å²) in [6.45, 7) is 3.07. The second-order valence-corrected chi connectivity index (χ2v) is 11.3. The normalized spacial score (nSPS) is 23.5. The van der Waals surface area contributed by atoms with E-state index in [-0.39, 0.29) is 30.4 Å². The average molecular weight is 562 g/mol. The van der Waals surface area contributed by atoms with Crippen LogP contribution in [0.5, 0.6) is 0 Å². The van der Waals surface area contributed by atoms with Gasteiger partial charge in [0.15, 0.2) is 0 Å². The van der Waals surface area contributed by atoms with E-state index >= 15 is 0 Å². The second kappa shape index (κ2) is 11.2. The van der Waals surface area contributed by atoms with Crippen molar-refractivity contribution in [3.05, 3.63) is 52.9 Å². The van der Waals surface area contributed by atoms with Crippen molar-refractivity contribution in [1.29, 1.82) is 0 Å². The van der Waals surface area contributed by atoms with Gasteiger partial charge in [-0.05, 0) is 68.4 Å². The number of nitrogens with zero attached hydrogens (tertiary/aromatic N) is 3. The van der Waals surface area contributed by atoms with E-state index in [0.29, 0.717) is 44.6 Å². The zero-order valence-electron chi connectivity index (χ0n) is 21.4. The van der Waals surface area contributed by atoms with Crippen LogP contribution in [0.4, 0.5) is 24.8 Å². The standard InChI is InChI=1S/C27H30F3N5O3S/c1-16-10-18(12-20(11-16)34-25-31-8-4-22(35-25)27(28,29)30)21-13-32-24(39-21)26(15-36)6-2-17(3-7-26)23(37)33-19-5-9-38-14-19/h4,8,10-13,17,19,36H,2-3,5-7,9,14-15H2,1H3,(H,33,37)(H,31,34,35). The number of aryl methyl sites for hydroxylation is 1. The van der Waals surface area contributed by atoms with Gasteiger partial charge < -0.3 is 20.5 Å². The lowest BCUT2D eigenvalue weighted by Gasteiger charge is -2.37. The van der Waals surface area contributed by atoms with Crippen LogP contribution in [0.3, 0.4) is 0 Å². The van der Waals surface area contributed by atoms with E-state index in [9.17, 15) is 23.1 Å². The molecule has 208 valence electrons. The van der Waals surface area contributed by atoms with Gasteiger partial charge in [0.05, 0.1) is 24.1 Å². The zero-order valence-corrected chi connectivity index (χ0v) is 22.2. The summed E-state index contributed by atoms with van der Waals surface area (Å²) < 4.78 is 44.5. The molecule has 3 heterocycles. The number of hydrogen-bond acceptors (Lipinski definition) is 8. The molecule has 1 aliphatic carbocycles. The summed E-state index contributed by atoms with van der Waals surface area (Å²) in [6, 6.07) is 6.49. The summed E-state index contributed by atoms with van der Waals surface area (Å²) >= 11 is 1.49. The number of anilines is 2. The Hall–Kier alpha value is -3.09. The fourth-order valence-corrected chi connectivity index (χ4v) is 6.34. The van der Waals surface area contributed by atoms with Crippen molar-refractivity contribution in [3.63, 3.8) is 0 Å². The van der Waals surface area contributed by atoms with Crippen LogP contribution in [0.2, 0.25) is 0 Å². The van der Waals surface area contributed by atoms with Gasteiger partial charge in [0.25, 0.3) is 0 Å². The van der Waals surface area contributed by atoms with Crippen LogP contribution in [0.15, 0.2) is 36.7 Å². The fraction of sp³-hybridized carbons (Fsp3) is 0.481. The van der Waals surface area contributed by atoms with E-state index in [0.717, 1.165) is 39.7 Å². The highest BCUT2D eigenvalue weighted by Gasteiger charge is 2.41. The Kier molecular flexibility index (Phi) is 7.88. The molecular weight excluding hydrogens is 531 g/mol. The van der Waals surface area contributed by atoms with E-state index in [2.05, 4.69) is 25.6 Å². The number of thiazole rings is 1. The third kappa shape index (κ3) is 6.23. The molecular formula is C27H30F3N5O3S. The molecule has 5 rings (SSSR count). The first-order chi connectivity index (χ1) is 18.6. The number of ether oxygens (including phenoxy) is 1. The summed E-state index contributed by atoms with van der Waals surface area (Å²) in [5.41, 5.74) is 0.762. The van der Waals surface area contributed by atoms with E-state index < -0.39 is 17.3 Å². The molecule has 8 nitrogen and oxygen atoms in total. The quantitative estimate of drug-likeness (QED) is 0.373. The van der Waals surface area contributed by atoms with Crippen LogP contribution in [0, 0.1) is 12.8 Å². The molecule has 3 aromatic rings. The molecule has 1 unspecified atom stereocenters. The summed E-state index contributed by atoms with van der Waals surface area (Å²) in [7, 11) is 0. The summed E-state index contributed by atoms with van der Waals surface area (Å²) in [5.74, 6) is -0.179. The van der Waals surface area contributed by atoms with Crippen molar-refractivity contribution in [2.45, 2.75) is 56.7 Å². The molecule has 1 aliphatic heterocycles. The number of hydrogen-bond donors (Lipinski definition) is 3. The number of carbonyl (C=O) groups excluding carboxylic acids is 1. The first-order valence-electron chi connectivity index (χ1n) is 12.9. The smallest absolute Gasteiger partial charge is 0.395 e. The summed E-state index contributed by atoms with van der Waals surface area (Å²) in [5, 5.41) is 17.2. The lowest BCUT2D eigenvalue weighted by atomic mass is 9.71. The van der Waals surface area contributed by atoms with Gasteiger partial charge in [-0.15, -0.1) is 11.3 Å². The maximum atomic E-state index is 13.0. The minimum atomic E-state index is -4.56. The van der Waals surface area contributed by atoms with Crippen molar-refractivity contribution >= 4 is 28.9 Å². The maximum absolute atomic E-state index is 13.0. The third-order valence-electron chi connectivity index (χ3n) is 7.42. The van der Waals surface area contributed by atoms with E-state index in [4.69, 9.17) is 4.74 Å². The highest BCUT2D eigenvalue weighted by atomic mass is 32.1. The summed E-state index contributed by atoms with van der Waals surface area (Å²) in [6.07, 6.45) is 1.76. The van der Waals surface area contributed by atoms with Crippen molar-refractivity contribution in [2.24, 2.45) is 5.92 Å². The van der Waals surface area contributed by atoms with Crippen LogP contribution in [0.25, 0.3) is 10.4 Å². The highest BCUT2D eigenvalue weighted by Crippen LogP contribution is 2.44. The SMILES string of the molecule is Cc1cc(Nc2nccc(C(F)(F)F)n2)cc(-c2cnc(C3(CO)CCC(C(=O)NC4CCOC4)CC3)s2)c1. The average Bonchev–Trinajstić information content (AvgIpc) is 3.61. The lowest BCUT2D eigenvalue weighted by Crippen LogP contribution is -2.43. The van der Waals surface area contributed by atoms with Gasteiger partial charge in [0.2, 0.25) is 11.9 Å². The molecule has 2 aliphatic rings. The fourth-order valence-electron chi connectivity index (χ4n) is 5.20. The minimum absolute atomic E-state index is 0.0569. The molecule has 12 heteroatoms. The molecule has 39 heavy (non-hydrogen) atoms. The number of aliphatic hydroxyl groups excluding tert-OH is 1. The second-order valence-electron chi connectivity index (χ2n) is 10.3. The van der Waals surface area contributed by atoms with Crippen molar-refractivity contribution in [1.82, 2.24) is 20.3 Å². The molecule has 1 aromatic carbocycles. The molecule has 0 spiro atoms. The van der Waals surface area contributed by atoms with Crippen molar-refractivity contribution < 1.29 is 27.8 Å². The number of aromatic nitrogens is 3. The van der Waals surface area contributed by atoms with Gasteiger partial charge in [0.1, 0.15) is 10.7 Å². The van der Waals surface area contributed by atoms with Gasteiger partial charge in [0, 0.05) is 36.0 Å². The van der Waals surface area contributed by atoms with Crippen LogP contribution < -0.4 is 10.6 Å². The van der Waals surface area contributed by atoms with Gasteiger partial charge in [-0.3, -0.25) is 4.79 Å². The molecule has 3 N–H and O–H groups in total. The van der Waals surface area contributed by atoms with E-state index in [1.54, 1.807) is 12.3 Å². The summed E-state index contributed by atoms with van der Waals surface area (Å²) in [4.78, 5) is 25.8. The Morgan fingerprint density at radius 1 is 1.21 bits per heavy atom. The Morgan fingerprint density at radius 3 is 2.69 bits per heavy atom. The molecule has 0 bridgehead atoms. The monoisotopic (exact) mass is 561 g/mol. The van der Waals surface area contributed by atoms with Crippen molar-refractivity contribution in [2.75, 3.05) is 25.1 Å². The van der Waals surface area contributed by atoms with E-state index in [1.165, 1.54) is 11.3 Å². The topological polar surface area (TPSA) is 109 Å². The maximum Gasteiger partial charge on any atom is 0.433 e. The number of amides is 1. The number of halogens is 3. The number of carbonyl (C=O) groups is 1. The van der Waals surface area contributed by atoms with E-state index in [1.807, 2.05) is 19.1 Å². The van der Waals surface area contributed by atoms with Crippen LogP contribution in [-0.4, -0.2) is 51.8 Å². The molecule has 0 radical (unpaired) electrons. The highest BCUT2D eigenvalue weighted by molar-refractivity contribution is 7.15. The first kappa shape index (κ1) is 27.5. The Labute approximate surface area is 228 Å². The Balaban J connectivity index is 1.30. The van der Waals surface area contributed by atoms with Gasteiger partial charge in [-0.25, -0.2) is 15.0 Å². The molecule has 2 aromatic heterocycles. The van der Waals surface area contributed by atoms with Crippen LogP contribution >= 0.6 is 11.3 Å². The minimum Gasteiger partial charge on any atom is -0.395 e. The van der Waals surface area contributed by atoms with Gasteiger partial charge in [-0.2, -0.15) is 13.2 Å². The Morgan fingerprint density at radius 2 is 2.00 bits per heavy atom. The number of aliphatic hydroxyl groups is 1. The van der Waals surface area contributed by atoms with Gasteiger partial charge in [-0.1, -0.05) is 6.07 Å². The third-order valence-corrected chi connectivity index (χ3v) is 8.71.